The third-order valence-electron chi connectivity index (χ3n) is 4.92. The summed E-state index contributed by atoms with van der Waals surface area (Å²) in [5, 5.41) is 0. The fourth-order valence-corrected chi connectivity index (χ4v) is 3.47. The zero-order valence-electron chi connectivity index (χ0n) is 16.6. The minimum Gasteiger partial charge on any atom is -0.497 e. The number of ether oxygens (including phenoxy) is 5. The molecular formula is C20H26O8. The van der Waals surface area contributed by atoms with Crippen molar-refractivity contribution in [3.8, 4) is 5.75 Å². The Morgan fingerprint density at radius 3 is 2.18 bits per heavy atom. The number of esters is 3. The van der Waals surface area contributed by atoms with Gasteiger partial charge in [-0.1, -0.05) is 12.1 Å². The van der Waals surface area contributed by atoms with Gasteiger partial charge in [-0.25, -0.2) is 0 Å². The van der Waals surface area contributed by atoms with Crippen molar-refractivity contribution in [2.75, 3.05) is 27.9 Å². The molecular weight excluding hydrogens is 368 g/mol. The van der Waals surface area contributed by atoms with Crippen LogP contribution in [0.15, 0.2) is 24.3 Å². The number of carbonyl (C=O) groups excluding carboxylic acids is 3. The van der Waals surface area contributed by atoms with E-state index in [0.29, 0.717) is 12.2 Å². The van der Waals surface area contributed by atoms with Crippen molar-refractivity contribution in [2.45, 2.75) is 38.4 Å². The maximum absolute atomic E-state index is 12.6. The summed E-state index contributed by atoms with van der Waals surface area (Å²) in [4.78, 5) is 37.3. The fraction of sp³-hybridized carbons (Fsp3) is 0.550. The van der Waals surface area contributed by atoms with Crippen molar-refractivity contribution in [3.05, 3.63) is 29.8 Å². The number of methoxy groups -OCH3 is 3. The summed E-state index contributed by atoms with van der Waals surface area (Å²) in [6.45, 7) is 1.85. The van der Waals surface area contributed by atoms with Crippen molar-refractivity contribution < 1.29 is 38.1 Å². The standard InChI is InChI=1S/C20H26O8/c1-5-27-17(21)12-16-20(18(22)25-3,19(23)26-4)11-10-15(28-16)13-6-8-14(24-2)9-7-13/h6-9,15-16H,5,10-12H2,1-4H3/t15-,16-/m1/s1. The van der Waals surface area contributed by atoms with Gasteiger partial charge in [0.1, 0.15) is 5.75 Å². The highest BCUT2D eigenvalue weighted by Crippen LogP contribution is 2.45. The summed E-state index contributed by atoms with van der Waals surface area (Å²) < 4.78 is 26.0. The van der Waals surface area contributed by atoms with Crippen molar-refractivity contribution in [2.24, 2.45) is 5.41 Å². The maximum atomic E-state index is 12.6. The van der Waals surface area contributed by atoms with Crippen molar-refractivity contribution in [1.82, 2.24) is 0 Å². The Morgan fingerprint density at radius 2 is 1.68 bits per heavy atom. The molecule has 154 valence electrons. The predicted octanol–water partition coefficient (Wildman–Crippen LogP) is 2.20. The molecule has 0 radical (unpaired) electrons. The molecule has 0 N–H and O–H groups in total. The van der Waals surface area contributed by atoms with Crippen LogP contribution in [0.3, 0.4) is 0 Å². The smallest absolute Gasteiger partial charge is 0.325 e. The van der Waals surface area contributed by atoms with Gasteiger partial charge < -0.3 is 23.7 Å². The molecule has 1 aromatic carbocycles. The lowest BCUT2D eigenvalue weighted by Crippen LogP contribution is -2.55. The third kappa shape index (κ3) is 4.27. The van der Waals surface area contributed by atoms with Crippen LogP contribution in [-0.2, 0) is 33.3 Å². The SMILES string of the molecule is CCOC(=O)C[C@H]1O[C@@H](c2ccc(OC)cc2)CCC1(C(=O)OC)C(=O)OC. The quantitative estimate of drug-likeness (QED) is 0.394. The summed E-state index contributed by atoms with van der Waals surface area (Å²) in [5.41, 5.74) is -0.878. The number of benzene rings is 1. The van der Waals surface area contributed by atoms with Crippen molar-refractivity contribution >= 4 is 17.9 Å². The summed E-state index contributed by atoms with van der Waals surface area (Å²) in [6, 6.07) is 7.27. The van der Waals surface area contributed by atoms with E-state index in [4.69, 9.17) is 23.7 Å². The van der Waals surface area contributed by atoms with Crippen LogP contribution in [0, 0.1) is 5.41 Å². The average molecular weight is 394 g/mol. The lowest BCUT2D eigenvalue weighted by Gasteiger charge is -2.42. The van der Waals surface area contributed by atoms with Crippen LogP contribution in [0.1, 0.15) is 37.9 Å². The monoisotopic (exact) mass is 394 g/mol. The van der Waals surface area contributed by atoms with Crippen LogP contribution < -0.4 is 4.74 Å². The number of carbonyl (C=O) groups is 3. The topological polar surface area (TPSA) is 97.4 Å². The molecule has 1 heterocycles. The molecule has 8 nitrogen and oxygen atoms in total. The van der Waals surface area contributed by atoms with Gasteiger partial charge in [-0.3, -0.25) is 14.4 Å². The highest BCUT2D eigenvalue weighted by molar-refractivity contribution is 6.01. The third-order valence-corrected chi connectivity index (χ3v) is 4.92. The molecule has 0 bridgehead atoms. The summed E-state index contributed by atoms with van der Waals surface area (Å²) in [5.74, 6) is -1.45. The Morgan fingerprint density at radius 1 is 1.07 bits per heavy atom. The molecule has 28 heavy (non-hydrogen) atoms. The Kier molecular flexibility index (Phi) is 7.39. The molecule has 2 rings (SSSR count). The molecule has 1 aliphatic heterocycles. The number of rotatable bonds is 7. The number of hydrogen-bond acceptors (Lipinski definition) is 8. The van der Waals surface area contributed by atoms with E-state index >= 15 is 0 Å². The van der Waals surface area contributed by atoms with Crippen molar-refractivity contribution in [1.29, 1.82) is 0 Å². The molecule has 0 unspecified atom stereocenters. The first kappa shape index (κ1) is 21.7. The molecule has 0 spiro atoms. The summed E-state index contributed by atoms with van der Waals surface area (Å²) in [7, 11) is 3.94. The first-order valence-corrected chi connectivity index (χ1v) is 9.04. The van der Waals surface area contributed by atoms with Crippen LogP contribution in [-0.4, -0.2) is 51.9 Å². The van der Waals surface area contributed by atoms with E-state index in [2.05, 4.69) is 0 Å². The minimum absolute atomic E-state index is 0.118. The summed E-state index contributed by atoms with van der Waals surface area (Å²) in [6.07, 6.45) is -1.27. The molecule has 0 aromatic heterocycles. The lowest BCUT2D eigenvalue weighted by molar-refractivity contribution is -0.200. The van der Waals surface area contributed by atoms with Crippen molar-refractivity contribution in [3.63, 3.8) is 0 Å². The second kappa shape index (κ2) is 9.54. The fourth-order valence-electron chi connectivity index (χ4n) is 3.47. The Bertz CT molecular complexity index is 681. The molecule has 8 heteroatoms. The Balaban J connectivity index is 2.36. The molecule has 1 saturated heterocycles. The minimum atomic E-state index is -1.72. The maximum Gasteiger partial charge on any atom is 0.325 e. The highest BCUT2D eigenvalue weighted by atomic mass is 16.6. The number of hydrogen-bond donors (Lipinski definition) is 0. The molecule has 0 aliphatic carbocycles. The first-order valence-electron chi connectivity index (χ1n) is 9.04. The molecule has 0 saturated carbocycles. The molecule has 1 aliphatic rings. The van der Waals surface area contributed by atoms with E-state index in [1.165, 1.54) is 14.2 Å². The molecule has 2 atom stereocenters. The van der Waals surface area contributed by atoms with Gasteiger partial charge in [0.2, 0.25) is 0 Å². The zero-order chi connectivity index (χ0) is 20.7. The van der Waals surface area contributed by atoms with Gasteiger partial charge in [-0.2, -0.15) is 0 Å². The van der Waals surface area contributed by atoms with Crippen LogP contribution in [0.5, 0.6) is 5.75 Å². The lowest BCUT2D eigenvalue weighted by atomic mass is 9.73. The van der Waals surface area contributed by atoms with E-state index in [1.807, 2.05) is 12.1 Å². The van der Waals surface area contributed by atoms with E-state index in [9.17, 15) is 14.4 Å². The second-order valence-corrected chi connectivity index (χ2v) is 6.39. The van der Waals surface area contributed by atoms with Gasteiger partial charge in [0.15, 0.2) is 5.41 Å². The highest BCUT2D eigenvalue weighted by Gasteiger charge is 2.58. The van der Waals surface area contributed by atoms with Crippen LogP contribution >= 0.6 is 0 Å². The largest absolute Gasteiger partial charge is 0.497 e. The van der Waals surface area contributed by atoms with Gasteiger partial charge in [-0.15, -0.1) is 0 Å². The van der Waals surface area contributed by atoms with Gasteiger partial charge in [0, 0.05) is 0 Å². The van der Waals surface area contributed by atoms with E-state index in [0.717, 1.165) is 5.56 Å². The normalized spacial score (nSPS) is 20.7. The van der Waals surface area contributed by atoms with Gasteiger partial charge >= 0.3 is 17.9 Å². The van der Waals surface area contributed by atoms with E-state index < -0.39 is 35.5 Å². The average Bonchev–Trinajstić information content (AvgIpc) is 2.72. The molecule has 1 fully saturated rings. The Hall–Kier alpha value is -2.61. The zero-order valence-corrected chi connectivity index (χ0v) is 16.6. The van der Waals surface area contributed by atoms with Gasteiger partial charge in [-0.05, 0) is 37.5 Å². The van der Waals surface area contributed by atoms with E-state index in [-0.39, 0.29) is 19.4 Å². The van der Waals surface area contributed by atoms with Crippen LogP contribution in [0.4, 0.5) is 0 Å². The second-order valence-electron chi connectivity index (χ2n) is 6.39. The van der Waals surface area contributed by atoms with Gasteiger partial charge in [0.05, 0.1) is 46.6 Å². The van der Waals surface area contributed by atoms with E-state index in [1.54, 1.807) is 26.2 Å². The van der Waals surface area contributed by atoms with Gasteiger partial charge in [0.25, 0.3) is 0 Å². The van der Waals surface area contributed by atoms with Crippen LogP contribution in [0.2, 0.25) is 0 Å². The first-order chi connectivity index (χ1) is 13.4. The Labute approximate surface area is 164 Å². The summed E-state index contributed by atoms with van der Waals surface area (Å²) >= 11 is 0. The predicted molar refractivity (Wildman–Crippen MR) is 97.6 cm³/mol. The molecule has 1 aromatic rings. The van der Waals surface area contributed by atoms with Crippen LogP contribution in [0.25, 0.3) is 0 Å². The molecule has 0 amide bonds.